The number of carbonyl (C=O) groups is 2. The fourth-order valence-electron chi connectivity index (χ4n) is 2.25. The highest BCUT2D eigenvalue weighted by Gasteiger charge is 2.43. The normalized spacial score (nSPS) is 21.9. The molecule has 0 aromatic heterocycles. The quantitative estimate of drug-likeness (QED) is 0.900. The molecule has 1 unspecified atom stereocenters. The third-order valence-electron chi connectivity index (χ3n) is 3.49. The first kappa shape index (κ1) is 14.3. The summed E-state index contributed by atoms with van der Waals surface area (Å²) in [4.78, 5) is 23.9. The summed E-state index contributed by atoms with van der Waals surface area (Å²) >= 11 is 0. The van der Waals surface area contributed by atoms with Crippen LogP contribution in [0.4, 0.5) is 9.18 Å². The maximum Gasteiger partial charge on any atom is 0.410 e. The average molecular weight is 281 g/mol. The van der Waals surface area contributed by atoms with Gasteiger partial charge < -0.3 is 9.84 Å². The minimum absolute atomic E-state index is 0.0488. The molecule has 1 saturated heterocycles. The molecule has 1 aromatic rings. The molecule has 5 nitrogen and oxygen atoms in total. The van der Waals surface area contributed by atoms with Crippen molar-refractivity contribution in [2.24, 2.45) is 0 Å². The molecule has 1 heterocycles. The number of ether oxygens (including phenoxy) is 1. The van der Waals surface area contributed by atoms with Crippen molar-refractivity contribution in [1.29, 1.82) is 0 Å². The molecule has 1 amide bonds. The zero-order valence-electron chi connectivity index (χ0n) is 11.1. The number of halogens is 1. The molecule has 20 heavy (non-hydrogen) atoms. The molecule has 1 aliphatic rings. The average Bonchev–Trinajstić information content (AvgIpc) is 2.66. The number of aliphatic carboxylic acids is 1. The molecule has 6 heteroatoms. The molecular weight excluding hydrogens is 265 g/mol. The number of cyclic esters (lactones) is 1. The summed E-state index contributed by atoms with van der Waals surface area (Å²) in [5.41, 5.74) is -0.0349. The second kappa shape index (κ2) is 5.48. The Morgan fingerprint density at radius 2 is 2.30 bits per heavy atom. The number of hydrogen-bond donors (Lipinski definition) is 1. The van der Waals surface area contributed by atoms with Gasteiger partial charge in [-0.3, -0.25) is 9.69 Å². The summed E-state index contributed by atoms with van der Waals surface area (Å²) in [6, 6.07) is 5.96. The lowest BCUT2D eigenvalue weighted by molar-refractivity contribution is -0.137. The summed E-state index contributed by atoms with van der Waals surface area (Å²) in [7, 11) is 0. The van der Waals surface area contributed by atoms with Gasteiger partial charge in [-0.2, -0.15) is 0 Å². The smallest absolute Gasteiger partial charge is 0.410 e. The van der Waals surface area contributed by atoms with Crippen LogP contribution in [0.5, 0.6) is 0 Å². The zero-order chi connectivity index (χ0) is 14.8. The summed E-state index contributed by atoms with van der Waals surface area (Å²) in [5.74, 6) is -1.29. The van der Waals surface area contributed by atoms with E-state index in [1.54, 1.807) is 19.1 Å². The molecule has 108 valence electrons. The Kier molecular flexibility index (Phi) is 3.92. The Labute approximate surface area is 116 Å². The van der Waals surface area contributed by atoms with Gasteiger partial charge in [-0.05, 0) is 31.0 Å². The van der Waals surface area contributed by atoms with Crippen LogP contribution in [-0.2, 0) is 16.1 Å². The van der Waals surface area contributed by atoms with Crippen LogP contribution in [-0.4, -0.2) is 34.2 Å². The summed E-state index contributed by atoms with van der Waals surface area (Å²) in [6.07, 6.45) is -0.252. The number of benzene rings is 1. The molecule has 0 radical (unpaired) electrons. The maximum absolute atomic E-state index is 13.2. The molecule has 1 fully saturated rings. The lowest BCUT2D eigenvalue weighted by atomic mass is 9.95. The Morgan fingerprint density at radius 3 is 2.95 bits per heavy atom. The van der Waals surface area contributed by atoms with Gasteiger partial charge in [-0.25, -0.2) is 9.18 Å². The van der Waals surface area contributed by atoms with Crippen LogP contribution >= 0.6 is 0 Å². The predicted molar refractivity (Wildman–Crippen MR) is 68.6 cm³/mol. The van der Waals surface area contributed by atoms with Gasteiger partial charge in [0, 0.05) is 13.0 Å². The first-order valence-electron chi connectivity index (χ1n) is 6.31. The van der Waals surface area contributed by atoms with Crippen LogP contribution in [0.25, 0.3) is 0 Å². The van der Waals surface area contributed by atoms with E-state index in [1.165, 1.54) is 17.0 Å². The molecule has 2 rings (SSSR count). The van der Waals surface area contributed by atoms with Gasteiger partial charge in [-0.15, -0.1) is 0 Å². The molecular formula is C14H16FNO4. The van der Waals surface area contributed by atoms with E-state index in [-0.39, 0.29) is 25.4 Å². The summed E-state index contributed by atoms with van der Waals surface area (Å²) in [5, 5.41) is 8.77. The van der Waals surface area contributed by atoms with Crippen molar-refractivity contribution >= 4 is 12.1 Å². The first-order valence-corrected chi connectivity index (χ1v) is 6.31. The van der Waals surface area contributed by atoms with Gasteiger partial charge in [-0.1, -0.05) is 12.1 Å². The van der Waals surface area contributed by atoms with E-state index in [4.69, 9.17) is 9.84 Å². The Morgan fingerprint density at radius 1 is 1.55 bits per heavy atom. The summed E-state index contributed by atoms with van der Waals surface area (Å²) < 4.78 is 18.2. The minimum atomic E-state index is -0.920. The van der Waals surface area contributed by atoms with Crippen LogP contribution < -0.4 is 0 Å². The number of nitrogens with zero attached hydrogens (tertiary/aromatic N) is 1. The van der Waals surface area contributed by atoms with Crippen molar-refractivity contribution in [1.82, 2.24) is 4.90 Å². The van der Waals surface area contributed by atoms with Crippen molar-refractivity contribution in [2.45, 2.75) is 31.8 Å². The van der Waals surface area contributed by atoms with Gasteiger partial charge in [0.25, 0.3) is 0 Å². The predicted octanol–water partition coefficient (Wildman–Crippen LogP) is 2.40. The van der Waals surface area contributed by atoms with E-state index in [2.05, 4.69) is 0 Å². The van der Waals surface area contributed by atoms with Crippen molar-refractivity contribution in [3.8, 4) is 0 Å². The Balaban J connectivity index is 2.14. The lowest BCUT2D eigenvalue weighted by Gasteiger charge is -2.31. The molecule has 1 atom stereocenters. The topological polar surface area (TPSA) is 66.8 Å². The fourth-order valence-corrected chi connectivity index (χ4v) is 2.25. The number of amides is 1. The lowest BCUT2D eigenvalue weighted by Crippen LogP contribution is -2.44. The third-order valence-corrected chi connectivity index (χ3v) is 3.49. The molecule has 0 saturated carbocycles. The van der Waals surface area contributed by atoms with Crippen molar-refractivity contribution in [3.63, 3.8) is 0 Å². The first-order chi connectivity index (χ1) is 9.40. The maximum atomic E-state index is 13.2. The third kappa shape index (κ3) is 3.07. The van der Waals surface area contributed by atoms with E-state index >= 15 is 0 Å². The number of carboxylic acid groups (broad SMARTS) is 1. The number of rotatable bonds is 5. The number of hydrogen-bond acceptors (Lipinski definition) is 3. The van der Waals surface area contributed by atoms with E-state index in [9.17, 15) is 14.0 Å². The molecule has 1 aliphatic heterocycles. The standard InChI is InChI=1S/C14H16FNO4/c1-14(6-5-12(17)18)9-20-13(19)16(14)8-10-3-2-4-11(15)7-10/h2-4,7H,5-6,8-9H2,1H3,(H,17,18). The number of carboxylic acids is 1. The van der Waals surface area contributed by atoms with Gasteiger partial charge >= 0.3 is 12.1 Å². The SMILES string of the molecule is CC1(CCC(=O)O)COC(=O)N1Cc1cccc(F)c1. The molecule has 0 aliphatic carbocycles. The largest absolute Gasteiger partial charge is 0.481 e. The molecule has 1 N–H and O–H groups in total. The minimum Gasteiger partial charge on any atom is -0.481 e. The van der Waals surface area contributed by atoms with Gasteiger partial charge in [0.2, 0.25) is 0 Å². The van der Waals surface area contributed by atoms with Crippen molar-refractivity contribution in [2.75, 3.05) is 6.61 Å². The van der Waals surface area contributed by atoms with Crippen molar-refractivity contribution in [3.05, 3.63) is 35.6 Å². The van der Waals surface area contributed by atoms with Crippen LogP contribution in [0.2, 0.25) is 0 Å². The number of carbonyl (C=O) groups excluding carboxylic acids is 1. The molecule has 1 aromatic carbocycles. The van der Waals surface area contributed by atoms with Crippen molar-refractivity contribution < 1.29 is 23.8 Å². The Bertz CT molecular complexity index is 534. The summed E-state index contributed by atoms with van der Waals surface area (Å²) in [6.45, 7) is 2.13. The highest BCUT2D eigenvalue weighted by molar-refractivity contribution is 5.72. The van der Waals surface area contributed by atoms with Gasteiger partial charge in [0.15, 0.2) is 0 Å². The fraction of sp³-hybridized carbons (Fsp3) is 0.429. The highest BCUT2D eigenvalue weighted by atomic mass is 19.1. The highest BCUT2D eigenvalue weighted by Crippen LogP contribution is 2.30. The monoisotopic (exact) mass is 281 g/mol. The van der Waals surface area contributed by atoms with Gasteiger partial charge in [0.05, 0.1) is 5.54 Å². The Hall–Kier alpha value is -2.11. The van der Waals surface area contributed by atoms with E-state index in [0.29, 0.717) is 12.0 Å². The zero-order valence-corrected chi connectivity index (χ0v) is 11.1. The van der Waals surface area contributed by atoms with Crippen LogP contribution in [0.3, 0.4) is 0 Å². The van der Waals surface area contributed by atoms with E-state index in [1.807, 2.05) is 0 Å². The van der Waals surface area contributed by atoms with Crippen LogP contribution in [0.1, 0.15) is 25.3 Å². The van der Waals surface area contributed by atoms with Gasteiger partial charge in [0.1, 0.15) is 12.4 Å². The second-order valence-electron chi connectivity index (χ2n) is 5.16. The molecule has 0 bridgehead atoms. The van der Waals surface area contributed by atoms with E-state index in [0.717, 1.165) is 0 Å². The van der Waals surface area contributed by atoms with E-state index < -0.39 is 17.6 Å². The van der Waals surface area contributed by atoms with Crippen LogP contribution in [0.15, 0.2) is 24.3 Å². The molecule has 0 spiro atoms. The van der Waals surface area contributed by atoms with Crippen LogP contribution in [0, 0.1) is 5.82 Å². The second-order valence-corrected chi connectivity index (χ2v) is 5.16.